The predicted molar refractivity (Wildman–Crippen MR) is 106 cm³/mol. The Balaban J connectivity index is 1.21. The SMILES string of the molecule is Cn1cnc2ncn(Cc3nc([C@]45C6=C(c7cc(Cl)ccn7)C[C@@H]4[C@H]65)no3)c(=O)c21. The van der Waals surface area contributed by atoms with Crippen LogP contribution in [0.2, 0.25) is 5.02 Å². The Hall–Kier alpha value is -3.33. The largest absolute Gasteiger partial charge is 0.337 e. The lowest BCUT2D eigenvalue weighted by atomic mass is 10.1. The van der Waals surface area contributed by atoms with Crippen molar-refractivity contribution in [1.82, 2.24) is 34.2 Å². The summed E-state index contributed by atoms with van der Waals surface area (Å²) in [5.74, 6) is 2.12. The summed E-state index contributed by atoms with van der Waals surface area (Å²) in [4.78, 5) is 30.2. The van der Waals surface area contributed by atoms with Gasteiger partial charge < -0.3 is 9.09 Å². The summed E-state index contributed by atoms with van der Waals surface area (Å²) in [6, 6.07) is 3.69. The van der Waals surface area contributed by atoms with E-state index in [0.717, 1.165) is 12.1 Å². The van der Waals surface area contributed by atoms with Gasteiger partial charge in [0.15, 0.2) is 17.0 Å². The van der Waals surface area contributed by atoms with Gasteiger partial charge in [-0.15, -0.1) is 0 Å². The van der Waals surface area contributed by atoms with E-state index in [-0.39, 0.29) is 17.5 Å². The van der Waals surface area contributed by atoms with Gasteiger partial charge in [-0.2, -0.15) is 4.98 Å². The molecule has 0 aliphatic heterocycles. The highest BCUT2D eigenvalue weighted by Gasteiger charge is 2.89. The minimum atomic E-state index is -0.189. The van der Waals surface area contributed by atoms with Crippen molar-refractivity contribution in [3.63, 3.8) is 0 Å². The van der Waals surface area contributed by atoms with Crippen LogP contribution in [0.25, 0.3) is 16.7 Å². The van der Waals surface area contributed by atoms with Crippen LogP contribution in [0.1, 0.15) is 23.8 Å². The number of aromatic nitrogens is 7. The summed E-state index contributed by atoms with van der Waals surface area (Å²) in [6.07, 6.45) is 5.74. The molecule has 10 heteroatoms. The first kappa shape index (κ1) is 16.5. The molecule has 2 bridgehead atoms. The third-order valence-corrected chi connectivity index (χ3v) is 6.90. The number of allylic oxidation sites excluding steroid dienone is 2. The first-order chi connectivity index (χ1) is 14.6. The van der Waals surface area contributed by atoms with Crippen molar-refractivity contribution in [2.75, 3.05) is 0 Å². The van der Waals surface area contributed by atoms with Crippen molar-refractivity contribution in [1.29, 1.82) is 0 Å². The molecule has 4 heterocycles. The molecule has 4 aromatic heterocycles. The average Bonchev–Trinajstić information content (AvgIpc) is 3.21. The second-order valence-corrected chi connectivity index (χ2v) is 8.56. The summed E-state index contributed by atoms with van der Waals surface area (Å²) in [5.41, 5.74) is 4.16. The molecule has 0 radical (unpaired) electrons. The lowest BCUT2D eigenvalue weighted by Crippen LogP contribution is -2.22. The molecule has 4 aliphatic carbocycles. The van der Waals surface area contributed by atoms with Crippen LogP contribution in [-0.4, -0.2) is 34.2 Å². The Labute approximate surface area is 174 Å². The maximum atomic E-state index is 12.7. The number of hydrogen-bond acceptors (Lipinski definition) is 7. The van der Waals surface area contributed by atoms with E-state index in [1.54, 1.807) is 30.2 Å². The predicted octanol–water partition coefficient (Wildman–Crippen LogP) is 1.96. The topological polar surface area (TPSA) is 105 Å². The Morgan fingerprint density at radius 1 is 1.30 bits per heavy atom. The molecule has 0 spiro atoms. The summed E-state index contributed by atoms with van der Waals surface area (Å²) in [7, 11) is 1.77. The Kier molecular flexibility index (Phi) is 2.87. The maximum absolute atomic E-state index is 12.7. The summed E-state index contributed by atoms with van der Waals surface area (Å²) < 4.78 is 8.62. The van der Waals surface area contributed by atoms with Crippen LogP contribution in [0.5, 0.6) is 0 Å². The molecule has 4 aromatic rings. The molecule has 4 aliphatic rings. The van der Waals surface area contributed by atoms with Crippen LogP contribution >= 0.6 is 11.6 Å². The highest BCUT2D eigenvalue weighted by Crippen LogP contribution is 2.90. The summed E-state index contributed by atoms with van der Waals surface area (Å²) in [6.45, 7) is 0.174. The molecule has 0 amide bonds. The van der Waals surface area contributed by atoms with Gasteiger partial charge in [0.25, 0.3) is 5.56 Å². The first-order valence-corrected chi connectivity index (χ1v) is 10.0. The van der Waals surface area contributed by atoms with Gasteiger partial charge in [-0.05, 0) is 35.6 Å². The molecular weight excluding hydrogens is 406 g/mol. The van der Waals surface area contributed by atoms with E-state index in [9.17, 15) is 4.79 Å². The standard InChI is InChI=1S/C20H14ClN7O2/c1-27-7-23-17-16(27)18(29)28(8-24-17)6-13-25-19(26-30-13)20-11-5-10(14(20)15(11)20)12-4-9(21)2-3-22-12/h2-4,7-8,11,15H,5-6H2,1H3/t11-,15-,20+/m1/s1. The Morgan fingerprint density at radius 3 is 3.00 bits per heavy atom. The van der Waals surface area contributed by atoms with E-state index in [4.69, 9.17) is 16.1 Å². The highest BCUT2D eigenvalue weighted by molar-refractivity contribution is 6.30. The molecule has 30 heavy (non-hydrogen) atoms. The number of hydrogen-bond donors (Lipinski definition) is 0. The fourth-order valence-corrected chi connectivity index (χ4v) is 5.40. The molecule has 8 rings (SSSR count). The lowest BCUT2D eigenvalue weighted by molar-refractivity contribution is 0.363. The normalized spacial score (nSPS) is 25.8. The Morgan fingerprint density at radius 2 is 2.17 bits per heavy atom. The van der Waals surface area contributed by atoms with Gasteiger partial charge in [0.05, 0.1) is 17.4 Å². The van der Waals surface area contributed by atoms with E-state index in [0.29, 0.717) is 39.7 Å². The summed E-state index contributed by atoms with van der Waals surface area (Å²) in [5, 5.41) is 4.94. The van der Waals surface area contributed by atoms with E-state index >= 15 is 0 Å². The third kappa shape index (κ3) is 1.88. The van der Waals surface area contributed by atoms with Crippen LogP contribution in [0, 0.1) is 11.8 Å². The molecule has 0 aromatic carbocycles. The van der Waals surface area contributed by atoms with Gasteiger partial charge >= 0.3 is 0 Å². The number of halogens is 1. The van der Waals surface area contributed by atoms with Crippen molar-refractivity contribution in [3.8, 4) is 0 Å². The number of rotatable bonds is 4. The van der Waals surface area contributed by atoms with Gasteiger partial charge in [0.2, 0.25) is 5.89 Å². The van der Waals surface area contributed by atoms with Gasteiger partial charge in [-0.3, -0.25) is 14.3 Å². The molecule has 3 atom stereocenters. The van der Waals surface area contributed by atoms with Crippen LogP contribution in [0.4, 0.5) is 0 Å². The quantitative estimate of drug-likeness (QED) is 0.498. The smallest absolute Gasteiger partial charge is 0.280 e. The molecule has 2 saturated carbocycles. The average molecular weight is 420 g/mol. The van der Waals surface area contributed by atoms with Crippen molar-refractivity contribution < 1.29 is 4.52 Å². The fourth-order valence-electron chi connectivity index (χ4n) is 5.24. The zero-order valence-corrected chi connectivity index (χ0v) is 16.5. The van der Waals surface area contributed by atoms with Crippen LogP contribution in [0.3, 0.4) is 0 Å². The van der Waals surface area contributed by atoms with E-state index in [2.05, 4.69) is 25.1 Å². The van der Waals surface area contributed by atoms with Gasteiger partial charge in [0, 0.05) is 24.2 Å². The van der Waals surface area contributed by atoms with E-state index in [1.807, 2.05) is 6.07 Å². The molecule has 2 fully saturated rings. The lowest BCUT2D eigenvalue weighted by Gasteiger charge is -2.02. The zero-order chi connectivity index (χ0) is 20.2. The van der Waals surface area contributed by atoms with Crippen molar-refractivity contribution >= 4 is 28.3 Å². The molecule has 0 unspecified atom stereocenters. The monoisotopic (exact) mass is 419 g/mol. The second-order valence-electron chi connectivity index (χ2n) is 8.13. The molecule has 9 nitrogen and oxygen atoms in total. The second kappa shape index (κ2) is 5.23. The minimum Gasteiger partial charge on any atom is -0.337 e. The number of nitrogens with zero attached hydrogens (tertiary/aromatic N) is 7. The third-order valence-electron chi connectivity index (χ3n) is 6.67. The van der Waals surface area contributed by atoms with Gasteiger partial charge in [-0.25, -0.2) is 9.97 Å². The van der Waals surface area contributed by atoms with Crippen molar-refractivity contribution in [3.05, 3.63) is 69.3 Å². The molecular formula is C20H14ClN7O2. The Bertz CT molecular complexity index is 1480. The molecule has 0 saturated heterocycles. The van der Waals surface area contributed by atoms with Gasteiger partial charge in [-0.1, -0.05) is 16.8 Å². The highest BCUT2D eigenvalue weighted by atomic mass is 35.5. The molecule has 148 valence electrons. The number of aryl methyl sites for hydroxylation is 1. The number of pyridine rings is 1. The summed E-state index contributed by atoms with van der Waals surface area (Å²) >= 11 is 6.13. The first-order valence-electron chi connectivity index (χ1n) is 9.64. The number of imidazole rings is 1. The van der Waals surface area contributed by atoms with Crippen molar-refractivity contribution in [2.45, 2.75) is 18.4 Å². The fraction of sp³-hybridized carbons (Fsp3) is 0.300. The van der Waals surface area contributed by atoms with E-state index in [1.165, 1.54) is 22.0 Å². The van der Waals surface area contributed by atoms with Crippen molar-refractivity contribution in [2.24, 2.45) is 18.9 Å². The van der Waals surface area contributed by atoms with Crippen LogP contribution in [0.15, 0.2) is 45.9 Å². The minimum absolute atomic E-state index is 0.0870. The zero-order valence-electron chi connectivity index (χ0n) is 15.8. The van der Waals surface area contributed by atoms with Gasteiger partial charge in [0.1, 0.15) is 12.9 Å². The number of fused-ring (bicyclic) bond motifs is 2. The molecule has 0 N–H and O–H groups in total. The van der Waals surface area contributed by atoms with Crippen LogP contribution in [-0.2, 0) is 19.0 Å². The van der Waals surface area contributed by atoms with Crippen LogP contribution < -0.4 is 5.56 Å². The maximum Gasteiger partial charge on any atom is 0.280 e. The van der Waals surface area contributed by atoms with E-state index < -0.39 is 0 Å².